The van der Waals surface area contributed by atoms with Gasteiger partial charge in [-0.2, -0.15) is 15.3 Å². The summed E-state index contributed by atoms with van der Waals surface area (Å²) < 4.78 is 0. The van der Waals surface area contributed by atoms with Crippen LogP contribution in [0.4, 0.5) is 28.4 Å². The minimum atomic E-state index is 0.109. The van der Waals surface area contributed by atoms with Crippen LogP contribution in [0.25, 0.3) is 0 Å². The molecule has 0 saturated heterocycles. The van der Waals surface area contributed by atoms with Crippen LogP contribution < -0.4 is 5.01 Å². The van der Waals surface area contributed by atoms with Crippen molar-refractivity contribution in [2.45, 2.75) is 6.54 Å². The van der Waals surface area contributed by atoms with Crippen LogP contribution >= 0.6 is 0 Å². The Balaban J connectivity index is 1.54. The number of fused-ring (bicyclic) bond motifs is 1. The fraction of sp³-hybridized carbons (Fsp3) is 0.143. The molecule has 7 nitrogen and oxygen atoms in total. The fourth-order valence-electron chi connectivity index (χ4n) is 3.03. The molecule has 1 N–H and O–H groups in total. The highest BCUT2D eigenvalue weighted by molar-refractivity contribution is 5.77. The van der Waals surface area contributed by atoms with Gasteiger partial charge in [0.25, 0.3) is 0 Å². The summed E-state index contributed by atoms with van der Waals surface area (Å²) in [5.41, 5.74) is 4.65. The van der Waals surface area contributed by atoms with Crippen molar-refractivity contribution in [1.82, 2.24) is 5.01 Å². The van der Waals surface area contributed by atoms with Crippen molar-refractivity contribution in [3.8, 4) is 5.75 Å². The zero-order valence-electron chi connectivity index (χ0n) is 15.7. The molecule has 1 aliphatic heterocycles. The van der Waals surface area contributed by atoms with Crippen LogP contribution in [0.15, 0.2) is 87.2 Å². The number of benzene rings is 3. The van der Waals surface area contributed by atoms with Gasteiger partial charge in [-0.15, -0.1) is 5.11 Å². The molecule has 0 aromatic heterocycles. The molecule has 0 saturated carbocycles. The minimum Gasteiger partial charge on any atom is -0.506 e. The van der Waals surface area contributed by atoms with E-state index in [2.05, 4.69) is 25.5 Å². The highest BCUT2D eigenvalue weighted by Crippen LogP contribution is 2.44. The maximum absolute atomic E-state index is 10.3. The van der Waals surface area contributed by atoms with Crippen LogP contribution in [0.1, 0.15) is 5.56 Å². The second-order valence-electron chi connectivity index (χ2n) is 6.53. The SMILES string of the molecule is CN1Cc2ccc(O)c(N=Nc3ccc(N=Nc4ccccc4)cc3)c2N1C. The van der Waals surface area contributed by atoms with Gasteiger partial charge in [0.2, 0.25) is 0 Å². The van der Waals surface area contributed by atoms with Crippen LogP contribution in [0.2, 0.25) is 0 Å². The predicted molar refractivity (Wildman–Crippen MR) is 109 cm³/mol. The molecule has 28 heavy (non-hydrogen) atoms. The van der Waals surface area contributed by atoms with Crippen LogP contribution in [0.3, 0.4) is 0 Å². The van der Waals surface area contributed by atoms with Gasteiger partial charge >= 0.3 is 0 Å². The van der Waals surface area contributed by atoms with Gasteiger partial charge in [0, 0.05) is 20.6 Å². The molecule has 0 amide bonds. The zero-order valence-corrected chi connectivity index (χ0v) is 15.7. The van der Waals surface area contributed by atoms with E-state index in [0.29, 0.717) is 11.4 Å². The molecule has 0 atom stereocenters. The van der Waals surface area contributed by atoms with Crippen molar-refractivity contribution in [3.05, 3.63) is 72.3 Å². The van der Waals surface area contributed by atoms with Gasteiger partial charge in [-0.1, -0.05) is 24.3 Å². The van der Waals surface area contributed by atoms with Crippen LogP contribution in [0.5, 0.6) is 5.75 Å². The van der Waals surface area contributed by atoms with Gasteiger partial charge in [-0.3, -0.25) is 0 Å². The largest absolute Gasteiger partial charge is 0.506 e. The molecule has 0 spiro atoms. The molecule has 140 valence electrons. The third-order valence-corrected chi connectivity index (χ3v) is 4.60. The molecule has 1 heterocycles. The van der Waals surface area contributed by atoms with Crippen LogP contribution in [-0.2, 0) is 6.54 Å². The van der Waals surface area contributed by atoms with Crippen LogP contribution in [-0.4, -0.2) is 24.2 Å². The number of hydrazine groups is 1. The minimum absolute atomic E-state index is 0.109. The maximum atomic E-state index is 10.3. The summed E-state index contributed by atoms with van der Waals surface area (Å²) in [6, 6.07) is 20.4. The van der Waals surface area contributed by atoms with E-state index < -0.39 is 0 Å². The Bertz CT molecular complexity index is 1030. The summed E-state index contributed by atoms with van der Waals surface area (Å²) in [6.45, 7) is 0.774. The predicted octanol–water partition coefficient (Wildman–Crippen LogP) is 6.02. The highest BCUT2D eigenvalue weighted by atomic mass is 16.3. The summed E-state index contributed by atoms with van der Waals surface area (Å²) in [5.74, 6) is 0.109. The third kappa shape index (κ3) is 3.60. The number of phenolic OH excluding ortho intramolecular Hbond substituents is 1. The molecule has 0 unspecified atom stereocenters. The van der Waals surface area contributed by atoms with E-state index in [1.165, 1.54) is 0 Å². The maximum Gasteiger partial charge on any atom is 0.152 e. The second kappa shape index (κ2) is 7.58. The number of azo groups is 2. The number of aromatic hydroxyl groups is 1. The fourth-order valence-corrected chi connectivity index (χ4v) is 3.03. The molecule has 7 heteroatoms. The van der Waals surface area contributed by atoms with E-state index in [1.54, 1.807) is 6.07 Å². The summed E-state index contributed by atoms with van der Waals surface area (Å²) in [7, 11) is 3.93. The van der Waals surface area contributed by atoms with Gasteiger partial charge in [-0.25, -0.2) is 5.01 Å². The number of anilines is 1. The smallest absolute Gasteiger partial charge is 0.152 e. The molecule has 0 aliphatic carbocycles. The van der Waals surface area contributed by atoms with Crippen molar-refractivity contribution in [3.63, 3.8) is 0 Å². The van der Waals surface area contributed by atoms with Gasteiger partial charge in [-0.05, 0) is 48.0 Å². The number of phenols is 1. The quantitative estimate of drug-likeness (QED) is 0.569. The molecule has 3 aromatic carbocycles. The first kappa shape index (κ1) is 17.8. The molecule has 3 aromatic rings. The van der Waals surface area contributed by atoms with E-state index in [-0.39, 0.29) is 5.75 Å². The number of rotatable bonds is 4. The second-order valence-corrected chi connectivity index (χ2v) is 6.53. The van der Waals surface area contributed by atoms with E-state index in [4.69, 9.17) is 0 Å². The normalized spacial score (nSPS) is 14.3. The van der Waals surface area contributed by atoms with Crippen molar-refractivity contribution in [2.75, 3.05) is 19.1 Å². The van der Waals surface area contributed by atoms with E-state index in [9.17, 15) is 5.11 Å². The van der Waals surface area contributed by atoms with Gasteiger partial charge < -0.3 is 10.1 Å². The number of nitrogens with zero attached hydrogens (tertiary/aromatic N) is 6. The molecule has 0 fully saturated rings. The lowest BCUT2D eigenvalue weighted by molar-refractivity contribution is 0.345. The summed E-state index contributed by atoms with van der Waals surface area (Å²) in [4.78, 5) is 0. The third-order valence-electron chi connectivity index (χ3n) is 4.60. The molecule has 1 aliphatic rings. The molecule has 4 rings (SSSR count). The molecular formula is C21H20N6O. The molecule has 0 bridgehead atoms. The summed E-state index contributed by atoms with van der Waals surface area (Å²) in [6.07, 6.45) is 0. The lowest BCUT2D eigenvalue weighted by Crippen LogP contribution is -2.29. The average molecular weight is 372 g/mol. The first-order valence-electron chi connectivity index (χ1n) is 8.90. The topological polar surface area (TPSA) is 76.1 Å². The van der Waals surface area contributed by atoms with Crippen molar-refractivity contribution >= 4 is 28.4 Å². The Kier molecular flexibility index (Phi) is 4.82. The standard InChI is InChI=1S/C21H20N6O/c1-26-14-15-8-13-19(28)20(21(15)27(26)2)25-24-18-11-9-17(10-12-18)23-22-16-6-4-3-5-7-16/h3-13,28H,14H2,1-2H3. The molecule has 0 radical (unpaired) electrons. The Morgan fingerprint density at radius 2 is 1.29 bits per heavy atom. The highest BCUT2D eigenvalue weighted by Gasteiger charge is 2.26. The number of hydrogen-bond acceptors (Lipinski definition) is 7. The first-order chi connectivity index (χ1) is 13.6. The lowest BCUT2D eigenvalue weighted by atomic mass is 10.1. The average Bonchev–Trinajstić information content (AvgIpc) is 3.01. The number of hydrogen-bond donors (Lipinski definition) is 1. The van der Waals surface area contributed by atoms with Crippen molar-refractivity contribution < 1.29 is 5.11 Å². The van der Waals surface area contributed by atoms with Gasteiger partial charge in [0.15, 0.2) is 5.69 Å². The van der Waals surface area contributed by atoms with Gasteiger partial charge in [0.1, 0.15) is 5.75 Å². The van der Waals surface area contributed by atoms with Crippen LogP contribution in [0, 0.1) is 0 Å². The molecular weight excluding hydrogens is 352 g/mol. The summed E-state index contributed by atoms with van der Waals surface area (Å²) in [5, 5.41) is 31.3. The Hall–Kier alpha value is -3.58. The Morgan fingerprint density at radius 1 is 0.714 bits per heavy atom. The zero-order chi connectivity index (χ0) is 19.5. The van der Waals surface area contributed by atoms with Crippen molar-refractivity contribution in [2.24, 2.45) is 20.5 Å². The van der Waals surface area contributed by atoms with E-state index in [1.807, 2.05) is 79.8 Å². The lowest BCUT2D eigenvalue weighted by Gasteiger charge is -2.22. The van der Waals surface area contributed by atoms with Crippen molar-refractivity contribution in [1.29, 1.82) is 0 Å². The Morgan fingerprint density at radius 3 is 1.93 bits per heavy atom. The Labute approximate surface area is 163 Å². The summed E-state index contributed by atoms with van der Waals surface area (Å²) >= 11 is 0. The first-order valence-corrected chi connectivity index (χ1v) is 8.90. The van der Waals surface area contributed by atoms with E-state index >= 15 is 0 Å². The van der Waals surface area contributed by atoms with Gasteiger partial charge in [0.05, 0.1) is 22.7 Å². The monoisotopic (exact) mass is 372 g/mol. The van der Waals surface area contributed by atoms with E-state index in [0.717, 1.165) is 29.2 Å².